The topological polar surface area (TPSA) is 132 Å². The Morgan fingerprint density at radius 3 is 2.37 bits per heavy atom. The molecule has 0 amide bonds. The minimum absolute atomic E-state index is 0.00554. The summed E-state index contributed by atoms with van der Waals surface area (Å²) in [5.41, 5.74) is -3.09. The molecule has 51 heavy (non-hydrogen) atoms. The largest absolute Gasteiger partial charge is 0.516 e. The van der Waals surface area contributed by atoms with Crippen molar-refractivity contribution in [2.75, 3.05) is 80.3 Å². The van der Waals surface area contributed by atoms with E-state index in [1.807, 2.05) is 12.1 Å². The van der Waals surface area contributed by atoms with Gasteiger partial charge in [0.05, 0.1) is 30.2 Å². The van der Waals surface area contributed by atoms with E-state index in [0.29, 0.717) is 17.5 Å². The molecule has 6 rings (SSSR count). The third kappa shape index (κ3) is 7.56. The number of aryl methyl sites for hydroxylation is 1. The molecule has 2 aromatic carbocycles. The summed E-state index contributed by atoms with van der Waals surface area (Å²) in [6.45, 7) is 8.39. The summed E-state index contributed by atoms with van der Waals surface area (Å²) in [7, 11) is -1.25. The smallest absolute Gasteiger partial charge is 0.494 e. The molecular weight excluding hydrogens is 709 g/mol. The van der Waals surface area contributed by atoms with E-state index in [1.54, 1.807) is 7.11 Å². The maximum atomic E-state index is 13.6. The zero-order valence-electron chi connectivity index (χ0n) is 28.7. The van der Waals surface area contributed by atoms with Crippen molar-refractivity contribution >= 4 is 67.2 Å². The van der Waals surface area contributed by atoms with Crippen LogP contribution in [0.2, 0.25) is 5.02 Å². The number of rotatable bonds is 10. The summed E-state index contributed by atoms with van der Waals surface area (Å²) < 4.78 is 71.8. The Labute approximate surface area is 299 Å². The number of aromatic nitrogens is 4. The maximum Gasteiger partial charge on any atom is 0.516 e. The maximum absolute atomic E-state index is 13.6. The van der Waals surface area contributed by atoms with E-state index in [4.69, 9.17) is 16.3 Å². The normalized spacial score (nSPS) is 16.7. The predicted molar refractivity (Wildman–Crippen MR) is 193 cm³/mol. The molecule has 0 atom stereocenters. The average molecular weight is 749 g/mol. The molecule has 4 aromatic rings. The Morgan fingerprint density at radius 2 is 1.71 bits per heavy atom. The first-order valence-electron chi connectivity index (χ1n) is 16.5. The summed E-state index contributed by atoms with van der Waals surface area (Å²) in [5.74, 6) is 0.693. The van der Waals surface area contributed by atoms with Crippen LogP contribution < -0.4 is 24.6 Å². The second-order valence-corrected chi connectivity index (χ2v) is 14.9. The van der Waals surface area contributed by atoms with Gasteiger partial charge < -0.3 is 25.2 Å². The van der Waals surface area contributed by atoms with Crippen molar-refractivity contribution in [1.82, 2.24) is 29.7 Å². The third-order valence-corrected chi connectivity index (χ3v) is 11.2. The van der Waals surface area contributed by atoms with E-state index in [2.05, 4.69) is 59.2 Å². The highest BCUT2D eigenvalue weighted by Gasteiger charge is 2.50. The van der Waals surface area contributed by atoms with Crippen LogP contribution >= 0.6 is 11.6 Å². The predicted octanol–water partition coefficient (Wildman–Crippen LogP) is 5.63. The molecule has 13 nitrogen and oxygen atoms in total. The minimum atomic E-state index is -5.80. The number of hydrogen-bond donors (Lipinski definition) is 2. The Kier molecular flexibility index (Phi) is 10.6. The first kappa shape index (κ1) is 36.6. The van der Waals surface area contributed by atoms with E-state index < -0.39 is 15.5 Å². The molecule has 0 bridgehead atoms. The molecule has 0 radical (unpaired) electrons. The number of ether oxygens (including phenoxy) is 1. The number of anilines is 6. The highest BCUT2D eigenvalue weighted by Crippen LogP contribution is 2.41. The molecule has 18 heteroatoms. The van der Waals surface area contributed by atoms with E-state index >= 15 is 0 Å². The fraction of sp³-hybridized carbons (Fsp3) is 0.455. The lowest BCUT2D eigenvalue weighted by Crippen LogP contribution is -2.52. The number of piperidine rings is 1. The molecule has 0 saturated carbocycles. The summed E-state index contributed by atoms with van der Waals surface area (Å²) >= 11 is 6.45. The van der Waals surface area contributed by atoms with Gasteiger partial charge in [-0.25, -0.2) is 4.98 Å². The first-order chi connectivity index (χ1) is 24.3. The van der Waals surface area contributed by atoms with Crippen LogP contribution in [-0.4, -0.2) is 110 Å². The number of sulfonamides is 1. The van der Waals surface area contributed by atoms with Gasteiger partial charge in [-0.2, -0.15) is 26.6 Å². The fourth-order valence-electron chi connectivity index (χ4n) is 6.60. The fourth-order valence-corrected chi connectivity index (χ4v) is 7.47. The van der Waals surface area contributed by atoms with Gasteiger partial charge in [0.15, 0.2) is 5.82 Å². The van der Waals surface area contributed by atoms with Crippen LogP contribution in [0.25, 0.3) is 11.0 Å². The van der Waals surface area contributed by atoms with Crippen LogP contribution in [0.4, 0.5) is 47.7 Å². The van der Waals surface area contributed by atoms with Crippen LogP contribution in [0.5, 0.6) is 5.75 Å². The van der Waals surface area contributed by atoms with Crippen LogP contribution in [-0.2, 0) is 16.4 Å². The van der Waals surface area contributed by atoms with Crippen molar-refractivity contribution in [2.45, 2.75) is 37.7 Å². The van der Waals surface area contributed by atoms with E-state index in [9.17, 15) is 21.6 Å². The zero-order valence-corrected chi connectivity index (χ0v) is 30.3. The van der Waals surface area contributed by atoms with Gasteiger partial charge in [-0.05, 0) is 50.1 Å². The highest BCUT2D eigenvalue weighted by molar-refractivity contribution is 7.93. The van der Waals surface area contributed by atoms with Crippen LogP contribution in [0, 0.1) is 0 Å². The lowest BCUT2D eigenvalue weighted by Gasteiger charge is -2.43. The van der Waals surface area contributed by atoms with Gasteiger partial charge >= 0.3 is 15.5 Å². The van der Waals surface area contributed by atoms with Gasteiger partial charge in [0.25, 0.3) is 0 Å². The van der Waals surface area contributed by atoms with E-state index in [-0.39, 0.29) is 43.5 Å². The van der Waals surface area contributed by atoms with Crippen molar-refractivity contribution in [3.05, 3.63) is 53.4 Å². The number of piperazine rings is 1. The molecule has 2 fully saturated rings. The van der Waals surface area contributed by atoms with Crippen molar-refractivity contribution in [1.29, 1.82) is 0 Å². The average Bonchev–Trinajstić information content (AvgIpc) is 3.12. The number of nitrogens with one attached hydrogen (secondary N) is 2. The van der Waals surface area contributed by atoms with Gasteiger partial charge in [0.1, 0.15) is 22.0 Å². The van der Waals surface area contributed by atoms with Crippen LogP contribution in [0.1, 0.15) is 25.3 Å². The number of alkyl halides is 3. The number of likely N-dealkylation sites (N-methyl/N-ethyl adjacent to an activating group) is 1. The van der Waals surface area contributed by atoms with Crippen molar-refractivity contribution in [2.24, 2.45) is 0 Å². The Balaban J connectivity index is 1.26. The second kappa shape index (κ2) is 14.8. The Hall–Kier alpha value is -4.19. The summed E-state index contributed by atoms with van der Waals surface area (Å²) in [6, 6.07) is 7.48. The molecule has 0 unspecified atom stereocenters. The lowest BCUT2D eigenvalue weighted by molar-refractivity contribution is -0.0436. The van der Waals surface area contributed by atoms with Crippen molar-refractivity contribution in [3.63, 3.8) is 0 Å². The SMILES string of the molecule is CCc1cc(Nc2ncc(Cl)c(Nc3ccc4nccnc4c3N(C)S(=O)(=O)C(F)(F)F)n2)c(OC)cc1N1CCC(N2CCN(C)CC2)CC1. The molecular formula is C33H40ClF3N10O3S. The monoisotopic (exact) mass is 748 g/mol. The number of fused-ring (bicyclic) bond motifs is 1. The van der Waals surface area contributed by atoms with Crippen LogP contribution in [0.3, 0.4) is 0 Å². The molecule has 2 aliphatic heterocycles. The first-order valence-corrected chi connectivity index (χ1v) is 18.4. The standard InChI is InChI=1S/C33H40ClF3N10O3S/c1-5-21-18-26(28(50-4)19-27(21)47-12-8-22(9-13-47)46-16-14-44(2)15-17-46)42-32-40-20-23(34)31(43-32)41-25-7-6-24-29(39-11-10-38-24)30(25)45(3)51(48,49)33(35,36)37/h6-7,10-11,18-20,22H,5,8-9,12-17H2,1-4H3,(H2,40,41,42,43). The molecule has 2 aromatic heterocycles. The molecule has 0 spiro atoms. The van der Waals surface area contributed by atoms with Gasteiger partial charge in [0.2, 0.25) is 5.95 Å². The summed E-state index contributed by atoms with van der Waals surface area (Å²) in [5, 5.41) is 6.11. The third-order valence-electron chi connectivity index (χ3n) is 9.47. The number of nitrogens with zero attached hydrogens (tertiary/aromatic N) is 8. The van der Waals surface area contributed by atoms with Crippen molar-refractivity contribution < 1.29 is 26.3 Å². The van der Waals surface area contributed by atoms with Crippen LogP contribution in [0.15, 0.2) is 42.9 Å². The van der Waals surface area contributed by atoms with E-state index in [1.165, 1.54) is 30.7 Å². The molecule has 274 valence electrons. The van der Waals surface area contributed by atoms with Gasteiger partial charge in [-0.1, -0.05) is 18.5 Å². The zero-order chi connectivity index (χ0) is 36.5. The van der Waals surface area contributed by atoms with Gasteiger partial charge in [-0.3, -0.25) is 19.2 Å². The summed E-state index contributed by atoms with van der Waals surface area (Å²) in [4.78, 5) is 24.5. The Morgan fingerprint density at radius 1 is 1.00 bits per heavy atom. The number of benzene rings is 2. The van der Waals surface area contributed by atoms with Gasteiger partial charge in [-0.15, -0.1) is 0 Å². The van der Waals surface area contributed by atoms with E-state index in [0.717, 1.165) is 76.8 Å². The highest BCUT2D eigenvalue weighted by atomic mass is 35.5. The summed E-state index contributed by atoms with van der Waals surface area (Å²) in [6.07, 6.45) is 6.87. The molecule has 2 N–H and O–H groups in total. The van der Waals surface area contributed by atoms with Crippen molar-refractivity contribution in [3.8, 4) is 5.75 Å². The molecule has 2 saturated heterocycles. The Bertz CT molecular complexity index is 1990. The number of halogens is 4. The van der Waals surface area contributed by atoms with Gasteiger partial charge in [0, 0.05) is 76.5 Å². The second-order valence-electron chi connectivity index (χ2n) is 12.5. The number of hydrogen-bond acceptors (Lipinski definition) is 12. The molecule has 0 aliphatic carbocycles. The molecule has 4 heterocycles. The lowest BCUT2D eigenvalue weighted by atomic mass is 9.99. The quantitative estimate of drug-likeness (QED) is 0.208. The molecule has 2 aliphatic rings. The minimum Gasteiger partial charge on any atom is -0.494 e. The number of methoxy groups -OCH3 is 1.